The van der Waals surface area contributed by atoms with Gasteiger partial charge in [-0.3, -0.25) is 4.79 Å². The quantitative estimate of drug-likeness (QED) is 0.0495. The van der Waals surface area contributed by atoms with Gasteiger partial charge in [0.2, 0.25) is 0 Å². The molecule has 0 fully saturated rings. The van der Waals surface area contributed by atoms with E-state index in [4.69, 9.17) is 18.3 Å². The largest absolute Gasteiger partial charge is 0.489 e. The highest BCUT2D eigenvalue weighted by molar-refractivity contribution is 6.74. The molecule has 0 radical (unpaired) electrons. The molecule has 0 saturated heterocycles. The van der Waals surface area contributed by atoms with E-state index in [1.807, 2.05) is 18.2 Å². The minimum absolute atomic E-state index is 0.0315. The Bertz CT molecular complexity index is 1290. The SMILES string of the molecule is C=CCOc1cccc(CO[Si](C)(C)C(C)(C)C)c1[C@@H](O[Si](CC)(CC)CC)[C@@H](CCCCCCC)C(=O)[C@H](C)OC(=O)c1ccccc1. The van der Waals surface area contributed by atoms with Gasteiger partial charge >= 0.3 is 5.97 Å². The van der Waals surface area contributed by atoms with Crippen LogP contribution in [0, 0.1) is 5.92 Å². The van der Waals surface area contributed by atoms with E-state index in [1.54, 1.807) is 37.3 Å². The molecule has 2 rings (SSSR count). The number of carbonyl (C=O) groups is 2. The maximum Gasteiger partial charge on any atom is 0.338 e. The van der Waals surface area contributed by atoms with Gasteiger partial charge in [-0.2, -0.15) is 0 Å². The lowest BCUT2D eigenvalue weighted by Gasteiger charge is -2.40. The number of esters is 1. The van der Waals surface area contributed by atoms with Gasteiger partial charge in [-0.1, -0.05) is 124 Å². The van der Waals surface area contributed by atoms with Crippen molar-refractivity contribution in [3.8, 4) is 5.75 Å². The van der Waals surface area contributed by atoms with E-state index in [0.29, 0.717) is 30.9 Å². The summed E-state index contributed by atoms with van der Waals surface area (Å²) in [5.41, 5.74) is 2.28. The first kappa shape index (κ1) is 42.6. The van der Waals surface area contributed by atoms with Crippen LogP contribution in [0.1, 0.15) is 122 Å². The minimum Gasteiger partial charge on any atom is -0.489 e. The Hall–Kier alpha value is -2.53. The minimum atomic E-state index is -2.29. The van der Waals surface area contributed by atoms with Crippen molar-refractivity contribution < 1.29 is 27.9 Å². The van der Waals surface area contributed by atoms with E-state index < -0.39 is 40.7 Å². The molecular formula is C41H66O6Si2. The van der Waals surface area contributed by atoms with Crippen molar-refractivity contribution in [2.75, 3.05) is 6.61 Å². The number of ketones is 1. The number of hydrogen-bond donors (Lipinski definition) is 0. The van der Waals surface area contributed by atoms with Crippen LogP contribution >= 0.6 is 0 Å². The first-order valence-electron chi connectivity index (χ1n) is 18.7. The Balaban J connectivity index is 2.77. The number of ether oxygens (including phenoxy) is 2. The number of rotatable bonds is 23. The first-order valence-corrected chi connectivity index (χ1v) is 24.1. The summed E-state index contributed by atoms with van der Waals surface area (Å²) >= 11 is 0. The standard InChI is InChI=1S/C41H66O6Si2/c1-12-17-18-19-23-28-35(38(42)32(6)46-40(43)33-25-21-20-22-26-33)39(47-49(14-3,15-4)16-5)37-34(27-24-29-36(37)44-30-13-2)31-45-48(10,11)41(7,8)9/h13,20-22,24-27,29,32,35,39H,2,12,14-19,23,28,30-31H2,1,3-11H3/t32-,35-,39-/m0/s1. The molecular weight excluding hydrogens is 645 g/mol. The van der Waals surface area contributed by atoms with Crippen LogP contribution in [0.15, 0.2) is 61.2 Å². The Morgan fingerprint density at radius 3 is 2.08 bits per heavy atom. The fraction of sp³-hybridized carbons (Fsp3) is 0.610. The molecule has 0 amide bonds. The molecule has 0 aliphatic heterocycles. The van der Waals surface area contributed by atoms with E-state index in [0.717, 1.165) is 61.4 Å². The zero-order chi connectivity index (χ0) is 36.7. The van der Waals surface area contributed by atoms with Gasteiger partial charge in [-0.15, -0.1) is 0 Å². The summed E-state index contributed by atoms with van der Waals surface area (Å²) in [5, 5.41) is 0.0315. The van der Waals surface area contributed by atoms with Crippen molar-refractivity contribution in [2.24, 2.45) is 5.92 Å². The molecule has 6 nitrogen and oxygen atoms in total. The summed E-state index contributed by atoms with van der Waals surface area (Å²) < 4.78 is 26.5. The number of Topliss-reactive ketones (excluding diaryl/α,β-unsaturated/α-hetero) is 1. The lowest BCUT2D eigenvalue weighted by Crippen LogP contribution is -2.43. The first-order chi connectivity index (χ1) is 23.2. The molecule has 0 unspecified atom stereocenters. The summed E-state index contributed by atoms with van der Waals surface area (Å²) in [4.78, 5) is 27.9. The van der Waals surface area contributed by atoms with Crippen LogP contribution < -0.4 is 4.74 Å². The van der Waals surface area contributed by atoms with Gasteiger partial charge in [0.25, 0.3) is 0 Å². The number of hydrogen-bond acceptors (Lipinski definition) is 6. The Kier molecular flexibility index (Phi) is 17.7. The zero-order valence-corrected chi connectivity index (χ0v) is 34.4. The van der Waals surface area contributed by atoms with Crippen molar-refractivity contribution in [2.45, 2.75) is 149 Å². The van der Waals surface area contributed by atoms with Gasteiger partial charge < -0.3 is 18.3 Å². The molecule has 0 N–H and O–H groups in total. The summed E-state index contributed by atoms with van der Waals surface area (Å²) in [5.74, 6) is -0.481. The molecule has 2 aromatic rings. The fourth-order valence-electron chi connectivity index (χ4n) is 5.97. The summed E-state index contributed by atoms with van der Waals surface area (Å²) in [6, 6.07) is 17.7. The van der Waals surface area contributed by atoms with E-state index >= 15 is 0 Å². The predicted octanol–water partition coefficient (Wildman–Crippen LogP) is 11.6. The van der Waals surface area contributed by atoms with Gasteiger partial charge in [-0.25, -0.2) is 4.79 Å². The highest BCUT2D eigenvalue weighted by Crippen LogP contribution is 2.44. The third kappa shape index (κ3) is 12.3. The lowest BCUT2D eigenvalue weighted by atomic mass is 9.83. The molecule has 0 saturated carbocycles. The normalized spacial score (nSPS) is 14.2. The van der Waals surface area contributed by atoms with Crippen LogP contribution in [-0.4, -0.2) is 41.1 Å². The number of carbonyl (C=O) groups excluding carboxylic acids is 2. The average Bonchev–Trinajstić information content (AvgIpc) is 3.09. The Labute approximate surface area is 300 Å². The average molecular weight is 711 g/mol. The van der Waals surface area contributed by atoms with Gasteiger partial charge in [0.15, 0.2) is 28.5 Å². The van der Waals surface area contributed by atoms with Gasteiger partial charge in [-0.05, 0) is 73.4 Å². The molecule has 0 aliphatic rings. The van der Waals surface area contributed by atoms with Crippen LogP contribution in [0.25, 0.3) is 0 Å². The Morgan fingerprint density at radius 1 is 0.878 bits per heavy atom. The summed E-state index contributed by atoms with van der Waals surface area (Å²) in [6.45, 7) is 26.4. The highest BCUT2D eigenvalue weighted by Gasteiger charge is 2.43. The van der Waals surface area contributed by atoms with E-state index in [2.05, 4.69) is 74.2 Å². The molecule has 0 bridgehead atoms. The van der Waals surface area contributed by atoms with E-state index in [9.17, 15) is 9.59 Å². The van der Waals surface area contributed by atoms with Gasteiger partial charge in [0, 0.05) is 5.56 Å². The molecule has 0 aliphatic carbocycles. The monoisotopic (exact) mass is 710 g/mol. The van der Waals surface area contributed by atoms with Crippen molar-refractivity contribution >= 4 is 28.4 Å². The van der Waals surface area contributed by atoms with E-state index in [-0.39, 0.29) is 10.8 Å². The smallest absolute Gasteiger partial charge is 0.338 e. The zero-order valence-electron chi connectivity index (χ0n) is 32.4. The lowest BCUT2D eigenvalue weighted by molar-refractivity contribution is -0.134. The second-order valence-electron chi connectivity index (χ2n) is 14.9. The Morgan fingerprint density at radius 2 is 1.51 bits per heavy atom. The molecule has 8 heteroatoms. The van der Waals surface area contributed by atoms with E-state index in [1.165, 1.54) is 0 Å². The third-order valence-electron chi connectivity index (χ3n) is 10.5. The molecule has 3 atom stereocenters. The van der Waals surface area contributed by atoms with Gasteiger partial charge in [0.1, 0.15) is 12.4 Å². The van der Waals surface area contributed by atoms with Crippen LogP contribution in [0.5, 0.6) is 5.75 Å². The van der Waals surface area contributed by atoms with Crippen molar-refractivity contribution in [3.05, 3.63) is 77.9 Å². The van der Waals surface area contributed by atoms with Crippen LogP contribution in [0.2, 0.25) is 36.3 Å². The van der Waals surface area contributed by atoms with Crippen LogP contribution in [-0.2, 0) is 25.0 Å². The molecule has 274 valence electrons. The topological polar surface area (TPSA) is 71.1 Å². The van der Waals surface area contributed by atoms with Crippen molar-refractivity contribution in [1.82, 2.24) is 0 Å². The maximum absolute atomic E-state index is 14.8. The van der Waals surface area contributed by atoms with Crippen molar-refractivity contribution in [1.29, 1.82) is 0 Å². The maximum atomic E-state index is 14.8. The molecule has 49 heavy (non-hydrogen) atoms. The summed E-state index contributed by atoms with van der Waals surface area (Å²) in [6.07, 6.45) is 6.15. The summed E-state index contributed by atoms with van der Waals surface area (Å²) in [7, 11) is -4.41. The second kappa shape index (κ2) is 20.4. The predicted molar refractivity (Wildman–Crippen MR) is 208 cm³/mol. The fourth-order valence-corrected chi connectivity index (χ4v) is 9.74. The van der Waals surface area contributed by atoms with Gasteiger partial charge in [0.05, 0.1) is 24.2 Å². The second-order valence-corrected chi connectivity index (χ2v) is 24.4. The number of unbranched alkanes of at least 4 members (excludes halogenated alkanes) is 4. The van der Waals surface area contributed by atoms with Crippen LogP contribution in [0.3, 0.4) is 0 Å². The molecule has 0 heterocycles. The third-order valence-corrected chi connectivity index (χ3v) is 19.6. The molecule has 2 aromatic carbocycles. The molecule has 0 aromatic heterocycles. The van der Waals surface area contributed by atoms with Crippen LogP contribution in [0.4, 0.5) is 0 Å². The number of benzene rings is 2. The molecule has 0 spiro atoms. The highest BCUT2D eigenvalue weighted by atomic mass is 28.4. The van der Waals surface area contributed by atoms with Crippen molar-refractivity contribution in [3.63, 3.8) is 0 Å².